The second-order valence-electron chi connectivity index (χ2n) is 5.33. The number of hydrogen-bond donors (Lipinski definition) is 2. The maximum absolute atomic E-state index is 10.9. The predicted molar refractivity (Wildman–Crippen MR) is 75.6 cm³/mol. The average molecular weight is 265 g/mol. The molecule has 4 nitrogen and oxygen atoms in total. The van der Waals surface area contributed by atoms with E-state index in [0.29, 0.717) is 19.4 Å². The molecule has 0 fully saturated rings. The van der Waals surface area contributed by atoms with Crippen molar-refractivity contribution in [1.29, 1.82) is 0 Å². The smallest absolute Gasteiger partial charge is 0.323 e. The Kier molecular flexibility index (Phi) is 4.95. The Bertz CT molecular complexity index is 467. The van der Waals surface area contributed by atoms with E-state index in [1.54, 1.807) is 0 Å². The van der Waals surface area contributed by atoms with Crippen molar-refractivity contribution in [2.24, 2.45) is 5.73 Å². The van der Waals surface area contributed by atoms with Crippen molar-refractivity contribution in [3.05, 3.63) is 28.8 Å². The molecule has 0 aromatic heterocycles. The second kappa shape index (κ2) is 6.06. The normalized spacial score (nSPS) is 13.9. The van der Waals surface area contributed by atoms with Gasteiger partial charge in [-0.2, -0.15) is 0 Å². The zero-order valence-electron chi connectivity index (χ0n) is 12.1. The lowest BCUT2D eigenvalue weighted by molar-refractivity contribution is -0.142. The Labute approximate surface area is 114 Å². The highest BCUT2D eigenvalue weighted by atomic mass is 16.5. The first-order valence-corrected chi connectivity index (χ1v) is 6.47. The summed E-state index contributed by atoms with van der Waals surface area (Å²) >= 11 is 0. The molecule has 0 saturated carbocycles. The number of carboxylic acids is 1. The minimum absolute atomic E-state index is 0.395. The number of benzene rings is 1. The van der Waals surface area contributed by atoms with Crippen LogP contribution in [0.15, 0.2) is 12.1 Å². The van der Waals surface area contributed by atoms with Crippen molar-refractivity contribution < 1.29 is 14.6 Å². The van der Waals surface area contributed by atoms with Crippen molar-refractivity contribution >= 4 is 5.97 Å². The number of nitrogens with two attached hydrogens (primary N) is 1. The number of aliphatic carboxylic acids is 1. The van der Waals surface area contributed by atoms with Gasteiger partial charge < -0.3 is 15.6 Å². The van der Waals surface area contributed by atoms with Crippen LogP contribution in [0.2, 0.25) is 0 Å². The van der Waals surface area contributed by atoms with Gasteiger partial charge in [0.25, 0.3) is 0 Å². The van der Waals surface area contributed by atoms with Gasteiger partial charge in [-0.15, -0.1) is 0 Å². The summed E-state index contributed by atoms with van der Waals surface area (Å²) in [4.78, 5) is 10.9. The van der Waals surface area contributed by atoms with Crippen LogP contribution in [0, 0.1) is 20.8 Å². The van der Waals surface area contributed by atoms with E-state index < -0.39 is 11.5 Å². The molecular weight excluding hydrogens is 242 g/mol. The molecule has 19 heavy (non-hydrogen) atoms. The largest absolute Gasteiger partial charge is 0.493 e. The molecule has 0 bridgehead atoms. The van der Waals surface area contributed by atoms with Crippen LogP contribution in [0.1, 0.15) is 36.5 Å². The van der Waals surface area contributed by atoms with Gasteiger partial charge in [-0.05, 0) is 57.2 Å². The van der Waals surface area contributed by atoms with Crippen LogP contribution in [0.3, 0.4) is 0 Å². The second-order valence-corrected chi connectivity index (χ2v) is 5.33. The third kappa shape index (κ3) is 3.96. The van der Waals surface area contributed by atoms with E-state index in [4.69, 9.17) is 15.6 Å². The quantitative estimate of drug-likeness (QED) is 0.775. The fourth-order valence-corrected chi connectivity index (χ4v) is 1.87. The van der Waals surface area contributed by atoms with Crippen molar-refractivity contribution in [2.45, 2.75) is 46.1 Å². The maximum Gasteiger partial charge on any atom is 0.323 e. The lowest BCUT2D eigenvalue weighted by Crippen LogP contribution is -2.44. The summed E-state index contributed by atoms with van der Waals surface area (Å²) in [6, 6.07) is 4.10. The van der Waals surface area contributed by atoms with Crippen molar-refractivity contribution in [1.82, 2.24) is 0 Å². The van der Waals surface area contributed by atoms with Crippen LogP contribution < -0.4 is 10.5 Å². The molecule has 1 rings (SSSR count). The molecule has 0 aliphatic rings. The summed E-state index contributed by atoms with van der Waals surface area (Å²) in [5, 5.41) is 8.92. The van der Waals surface area contributed by atoms with Gasteiger partial charge in [0.05, 0.1) is 6.61 Å². The average Bonchev–Trinajstić information content (AvgIpc) is 2.33. The molecule has 0 amide bonds. The number of hydrogen-bond acceptors (Lipinski definition) is 3. The first-order chi connectivity index (χ1) is 8.75. The Morgan fingerprint density at radius 3 is 2.47 bits per heavy atom. The molecule has 0 aliphatic carbocycles. The zero-order valence-corrected chi connectivity index (χ0v) is 12.1. The molecule has 0 saturated heterocycles. The van der Waals surface area contributed by atoms with Gasteiger partial charge in [0.15, 0.2) is 0 Å². The Morgan fingerprint density at radius 1 is 1.32 bits per heavy atom. The fraction of sp³-hybridized carbons (Fsp3) is 0.533. The summed E-state index contributed by atoms with van der Waals surface area (Å²) in [7, 11) is 0. The SMILES string of the molecule is Cc1ccc(C)c(OCCCC(C)(N)C(=O)O)c1C. The molecule has 3 N–H and O–H groups in total. The minimum atomic E-state index is -1.18. The lowest BCUT2D eigenvalue weighted by Gasteiger charge is -2.19. The van der Waals surface area contributed by atoms with E-state index in [9.17, 15) is 4.79 Å². The van der Waals surface area contributed by atoms with Gasteiger partial charge in [-0.3, -0.25) is 4.79 Å². The standard InChI is InChI=1S/C15H23NO3/c1-10-6-7-11(2)13(12(10)3)19-9-5-8-15(4,16)14(17)18/h6-7H,5,8-9,16H2,1-4H3,(H,17,18). The molecule has 0 aliphatic heterocycles. The van der Waals surface area contributed by atoms with Gasteiger partial charge >= 0.3 is 5.97 Å². The summed E-state index contributed by atoms with van der Waals surface area (Å²) in [6.07, 6.45) is 1.01. The van der Waals surface area contributed by atoms with Crippen molar-refractivity contribution in [2.75, 3.05) is 6.61 Å². The van der Waals surface area contributed by atoms with E-state index in [-0.39, 0.29) is 0 Å². The molecule has 106 valence electrons. The molecule has 0 spiro atoms. The van der Waals surface area contributed by atoms with E-state index in [2.05, 4.69) is 6.07 Å². The van der Waals surface area contributed by atoms with Crippen LogP contribution in [-0.2, 0) is 4.79 Å². The highest BCUT2D eigenvalue weighted by Crippen LogP contribution is 2.26. The number of carboxylic acid groups (broad SMARTS) is 1. The first-order valence-electron chi connectivity index (χ1n) is 6.47. The maximum atomic E-state index is 10.9. The van der Waals surface area contributed by atoms with Gasteiger partial charge in [0.2, 0.25) is 0 Å². The topological polar surface area (TPSA) is 72.5 Å². The molecule has 1 atom stereocenters. The molecule has 1 unspecified atom stereocenters. The summed E-state index contributed by atoms with van der Waals surface area (Å²) < 4.78 is 5.78. The van der Waals surface area contributed by atoms with Gasteiger partial charge in [-0.1, -0.05) is 12.1 Å². The molecule has 0 radical (unpaired) electrons. The summed E-state index contributed by atoms with van der Waals surface area (Å²) in [5.74, 6) is -0.0792. The molecule has 1 aromatic rings. The van der Waals surface area contributed by atoms with Crippen LogP contribution in [0.5, 0.6) is 5.75 Å². The minimum Gasteiger partial charge on any atom is -0.493 e. The fourth-order valence-electron chi connectivity index (χ4n) is 1.87. The summed E-state index contributed by atoms with van der Waals surface area (Å²) in [6.45, 7) is 8.08. The third-order valence-corrected chi connectivity index (χ3v) is 3.45. The van der Waals surface area contributed by atoms with Gasteiger partial charge in [0.1, 0.15) is 11.3 Å². The monoisotopic (exact) mass is 265 g/mol. The third-order valence-electron chi connectivity index (χ3n) is 3.45. The van der Waals surface area contributed by atoms with E-state index >= 15 is 0 Å². The van der Waals surface area contributed by atoms with Gasteiger partial charge in [0, 0.05) is 0 Å². The molecule has 4 heteroatoms. The summed E-state index contributed by atoms with van der Waals surface area (Å²) in [5.41, 5.74) is 7.90. The highest BCUT2D eigenvalue weighted by Gasteiger charge is 2.26. The van der Waals surface area contributed by atoms with Crippen molar-refractivity contribution in [3.8, 4) is 5.75 Å². The lowest BCUT2D eigenvalue weighted by atomic mass is 9.98. The Hall–Kier alpha value is -1.55. The number of aryl methyl sites for hydroxylation is 2. The number of carbonyl (C=O) groups is 1. The molecular formula is C15H23NO3. The number of rotatable bonds is 6. The predicted octanol–water partition coefficient (Wildman–Crippen LogP) is 2.57. The van der Waals surface area contributed by atoms with E-state index in [1.807, 2.05) is 26.8 Å². The first kappa shape index (κ1) is 15.5. The Balaban J connectivity index is 2.55. The highest BCUT2D eigenvalue weighted by molar-refractivity contribution is 5.77. The van der Waals surface area contributed by atoms with E-state index in [1.165, 1.54) is 12.5 Å². The van der Waals surface area contributed by atoms with Crippen LogP contribution in [-0.4, -0.2) is 23.2 Å². The van der Waals surface area contributed by atoms with Crippen LogP contribution >= 0.6 is 0 Å². The molecule has 0 heterocycles. The van der Waals surface area contributed by atoms with Crippen LogP contribution in [0.4, 0.5) is 0 Å². The van der Waals surface area contributed by atoms with Gasteiger partial charge in [-0.25, -0.2) is 0 Å². The zero-order chi connectivity index (χ0) is 14.6. The molecule has 1 aromatic carbocycles. The Morgan fingerprint density at radius 2 is 1.89 bits per heavy atom. The number of ether oxygens (including phenoxy) is 1. The van der Waals surface area contributed by atoms with Crippen molar-refractivity contribution in [3.63, 3.8) is 0 Å². The van der Waals surface area contributed by atoms with E-state index in [0.717, 1.165) is 16.9 Å². The van der Waals surface area contributed by atoms with Crippen LogP contribution in [0.25, 0.3) is 0 Å².